The zero-order chi connectivity index (χ0) is 17.6. The van der Waals surface area contributed by atoms with Crippen LogP contribution in [0, 0.1) is 5.41 Å². The lowest BCUT2D eigenvalue weighted by Gasteiger charge is -2.25. The van der Waals surface area contributed by atoms with Gasteiger partial charge >= 0.3 is 0 Å². The number of amides is 2. The van der Waals surface area contributed by atoms with E-state index in [2.05, 4.69) is 10.6 Å². The first-order chi connectivity index (χ1) is 11.4. The number of carbonyl (C=O) groups is 2. The van der Waals surface area contributed by atoms with E-state index in [-0.39, 0.29) is 17.9 Å². The number of carbonyl (C=O) groups excluding carboxylic acids is 2. The molecule has 0 unspecified atom stereocenters. The Morgan fingerprint density at radius 3 is 2.50 bits per heavy atom. The van der Waals surface area contributed by atoms with Gasteiger partial charge in [-0.1, -0.05) is 31.0 Å². The standard InChI is InChI=1S/C19H28N2O3/c1-19(2,18(23)21-15-9-5-6-10-15)17(22)20-13-12-14-8-4-7-11-16(14)24-3/h4,7-8,11,15H,5-6,9-10,12-13H2,1-3H3,(H,20,22)(H,21,23). The van der Waals surface area contributed by atoms with Gasteiger partial charge in [0.1, 0.15) is 11.2 Å². The predicted molar refractivity (Wildman–Crippen MR) is 93.9 cm³/mol. The maximum absolute atomic E-state index is 12.4. The molecule has 1 saturated carbocycles. The largest absolute Gasteiger partial charge is 0.496 e. The molecule has 5 heteroatoms. The molecule has 1 aromatic rings. The van der Waals surface area contributed by atoms with Gasteiger partial charge in [0, 0.05) is 12.6 Å². The Kier molecular flexibility index (Phi) is 6.23. The normalized spacial score (nSPS) is 15.1. The molecule has 1 aliphatic rings. The highest BCUT2D eigenvalue weighted by atomic mass is 16.5. The number of benzene rings is 1. The number of ether oxygens (including phenoxy) is 1. The molecule has 0 saturated heterocycles. The molecular weight excluding hydrogens is 304 g/mol. The van der Waals surface area contributed by atoms with E-state index in [1.165, 1.54) is 0 Å². The lowest BCUT2D eigenvalue weighted by molar-refractivity contribution is -0.141. The average molecular weight is 332 g/mol. The van der Waals surface area contributed by atoms with Crippen LogP contribution in [0.2, 0.25) is 0 Å². The summed E-state index contributed by atoms with van der Waals surface area (Å²) in [6, 6.07) is 7.95. The lowest BCUT2D eigenvalue weighted by atomic mass is 9.90. The van der Waals surface area contributed by atoms with E-state index in [1.807, 2.05) is 24.3 Å². The molecule has 1 aromatic carbocycles. The number of methoxy groups -OCH3 is 1. The Morgan fingerprint density at radius 2 is 1.83 bits per heavy atom. The van der Waals surface area contributed by atoms with Crippen LogP contribution >= 0.6 is 0 Å². The molecule has 0 radical (unpaired) electrons. The van der Waals surface area contributed by atoms with Gasteiger partial charge in [0.2, 0.25) is 11.8 Å². The summed E-state index contributed by atoms with van der Waals surface area (Å²) in [4.78, 5) is 24.8. The van der Waals surface area contributed by atoms with Crippen molar-refractivity contribution in [2.24, 2.45) is 5.41 Å². The van der Waals surface area contributed by atoms with Crippen LogP contribution in [0.4, 0.5) is 0 Å². The number of para-hydroxylation sites is 1. The third-order valence-electron chi connectivity index (χ3n) is 4.70. The van der Waals surface area contributed by atoms with Crippen molar-refractivity contribution >= 4 is 11.8 Å². The molecule has 24 heavy (non-hydrogen) atoms. The molecule has 0 aromatic heterocycles. The zero-order valence-electron chi connectivity index (χ0n) is 14.9. The fourth-order valence-corrected chi connectivity index (χ4v) is 2.98. The SMILES string of the molecule is COc1ccccc1CCNC(=O)C(C)(C)C(=O)NC1CCCC1. The van der Waals surface area contributed by atoms with Crippen LogP contribution in [-0.4, -0.2) is 31.5 Å². The van der Waals surface area contributed by atoms with Gasteiger partial charge in [0.25, 0.3) is 0 Å². The molecular formula is C19H28N2O3. The van der Waals surface area contributed by atoms with Gasteiger partial charge in [-0.15, -0.1) is 0 Å². The molecule has 0 atom stereocenters. The first-order valence-corrected chi connectivity index (χ1v) is 8.66. The van der Waals surface area contributed by atoms with E-state index in [9.17, 15) is 9.59 Å². The van der Waals surface area contributed by atoms with Crippen molar-refractivity contribution in [3.05, 3.63) is 29.8 Å². The van der Waals surface area contributed by atoms with Crippen LogP contribution in [-0.2, 0) is 16.0 Å². The first kappa shape index (κ1) is 18.3. The summed E-state index contributed by atoms with van der Waals surface area (Å²) in [6.07, 6.45) is 4.98. The van der Waals surface area contributed by atoms with E-state index in [4.69, 9.17) is 4.74 Å². The van der Waals surface area contributed by atoms with Crippen LogP contribution in [0.25, 0.3) is 0 Å². The highest BCUT2D eigenvalue weighted by Gasteiger charge is 2.37. The molecule has 1 fully saturated rings. The van der Waals surface area contributed by atoms with Gasteiger partial charge in [-0.3, -0.25) is 9.59 Å². The lowest BCUT2D eigenvalue weighted by Crippen LogP contribution is -2.50. The van der Waals surface area contributed by atoms with E-state index in [0.717, 1.165) is 37.0 Å². The van der Waals surface area contributed by atoms with Crippen molar-refractivity contribution in [1.82, 2.24) is 10.6 Å². The Hall–Kier alpha value is -2.04. The summed E-state index contributed by atoms with van der Waals surface area (Å²) in [6.45, 7) is 3.82. The van der Waals surface area contributed by atoms with Gasteiger partial charge in [-0.2, -0.15) is 0 Å². The maximum atomic E-state index is 12.4. The van der Waals surface area contributed by atoms with Crippen LogP contribution in [0.15, 0.2) is 24.3 Å². The summed E-state index contributed by atoms with van der Waals surface area (Å²) >= 11 is 0. The van der Waals surface area contributed by atoms with Crippen molar-refractivity contribution < 1.29 is 14.3 Å². The first-order valence-electron chi connectivity index (χ1n) is 8.66. The zero-order valence-corrected chi connectivity index (χ0v) is 14.9. The van der Waals surface area contributed by atoms with Gasteiger partial charge < -0.3 is 15.4 Å². The highest BCUT2D eigenvalue weighted by molar-refractivity contribution is 6.04. The summed E-state index contributed by atoms with van der Waals surface area (Å²) in [5, 5.41) is 5.88. The summed E-state index contributed by atoms with van der Waals surface area (Å²) in [7, 11) is 1.63. The quantitative estimate of drug-likeness (QED) is 0.754. The van der Waals surface area contributed by atoms with Crippen molar-refractivity contribution in [1.29, 1.82) is 0 Å². The van der Waals surface area contributed by atoms with Crippen LogP contribution in [0.3, 0.4) is 0 Å². The fourth-order valence-electron chi connectivity index (χ4n) is 2.98. The topological polar surface area (TPSA) is 67.4 Å². The Balaban J connectivity index is 1.84. The molecule has 132 valence electrons. The third-order valence-corrected chi connectivity index (χ3v) is 4.70. The van der Waals surface area contributed by atoms with Gasteiger partial charge in [-0.05, 0) is 44.7 Å². The molecule has 0 bridgehead atoms. The fraction of sp³-hybridized carbons (Fsp3) is 0.579. The second-order valence-electron chi connectivity index (χ2n) is 6.90. The summed E-state index contributed by atoms with van der Waals surface area (Å²) in [5.74, 6) is 0.377. The molecule has 2 N–H and O–H groups in total. The Bertz CT molecular complexity index is 578. The maximum Gasteiger partial charge on any atom is 0.235 e. The van der Waals surface area contributed by atoms with Crippen molar-refractivity contribution in [3.8, 4) is 5.75 Å². The molecule has 1 aliphatic carbocycles. The minimum Gasteiger partial charge on any atom is -0.496 e. The van der Waals surface area contributed by atoms with Crippen molar-refractivity contribution in [3.63, 3.8) is 0 Å². The van der Waals surface area contributed by atoms with Gasteiger partial charge in [0.05, 0.1) is 7.11 Å². The van der Waals surface area contributed by atoms with E-state index in [1.54, 1.807) is 21.0 Å². The second kappa shape index (κ2) is 8.18. The van der Waals surface area contributed by atoms with Crippen LogP contribution in [0.5, 0.6) is 5.75 Å². The Morgan fingerprint density at radius 1 is 1.17 bits per heavy atom. The van der Waals surface area contributed by atoms with Crippen molar-refractivity contribution in [2.75, 3.05) is 13.7 Å². The van der Waals surface area contributed by atoms with Gasteiger partial charge in [0.15, 0.2) is 0 Å². The number of nitrogens with one attached hydrogen (secondary N) is 2. The Labute approximate surface area is 144 Å². The molecule has 0 heterocycles. The van der Waals surface area contributed by atoms with Crippen LogP contribution < -0.4 is 15.4 Å². The predicted octanol–water partition coefficient (Wildman–Crippen LogP) is 2.44. The molecule has 2 amide bonds. The molecule has 0 spiro atoms. The minimum atomic E-state index is -1.07. The summed E-state index contributed by atoms with van der Waals surface area (Å²) in [5.41, 5.74) is -0.0304. The van der Waals surface area contributed by atoms with Gasteiger partial charge in [-0.25, -0.2) is 0 Å². The van der Waals surface area contributed by atoms with Crippen LogP contribution in [0.1, 0.15) is 45.1 Å². The molecule has 2 rings (SSSR count). The third kappa shape index (κ3) is 4.49. The number of rotatable bonds is 7. The van der Waals surface area contributed by atoms with E-state index < -0.39 is 5.41 Å². The number of hydrogen-bond donors (Lipinski definition) is 2. The molecule has 5 nitrogen and oxygen atoms in total. The summed E-state index contributed by atoms with van der Waals surface area (Å²) < 4.78 is 5.31. The average Bonchev–Trinajstić information content (AvgIpc) is 3.08. The monoisotopic (exact) mass is 332 g/mol. The number of hydrogen-bond acceptors (Lipinski definition) is 3. The van der Waals surface area contributed by atoms with E-state index in [0.29, 0.717) is 13.0 Å². The highest BCUT2D eigenvalue weighted by Crippen LogP contribution is 2.22. The minimum absolute atomic E-state index is 0.191. The molecule has 0 aliphatic heterocycles. The second-order valence-corrected chi connectivity index (χ2v) is 6.90. The van der Waals surface area contributed by atoms with E-state index >= 15 is 0 Å². The van der Waals surface area contributed by atoms with Crippen molar-refractivity contribution in [2.45, 2.75) is 52.0 Å². The smallest absolute Gasteiger partial charge is 0.235 e.